The number of carboxylic acids is 2. The van der Waals surface area contributed by atoms with Crippen LogP contribution in [-0.4, -0.2) is 35.2 Å². The number of hydrogen-bond acceptors (Lipinski definition) is 4. The Balaban J connectivity index is 0. The second kappa shape index (κ2) is 12.0. The van der Waals surface area contributed by atoms with Crippen molar-refractivity contribution in [1.82, 2.24) is 0 Å². The third kappa shape index (κ3) is 9.87. The second-order valence-electron chi connectivity index (χ2n) is 3.89. The summed E-state index contributed by atoms with van der Waals surface area (Å²) in [7, 11) is 1.21. The first-order valence-electron chi connectivity index (χ1n) is 6.17. The Morgan fingerprint density at radius 1 is 1.30 bits per heavy atom. The maximum Gasteiger partial charge on any atom is 0.334 e. The summed E-state index contributed by atoms with van der Waals surface area (Å²) in [6, 6.07) is 0. The molecule has 0 amide bonds. The third-order valence-electron chi connectivity index (χ3n) is 2.32. The van der Waals surface area contributed by atoms with Gasteiger partial charge in [-0.1, -0.05) is 32.4 Å². The lowest BCUT2D eigenvalue weighted by atomic mass is 9.95. The van der Waals surface area contributed by atoms with Crippen molar-refractivity contribution in [2.75, 3.05) is 7.11 Å². The number of ether oxygens (including phenoxy) is 1. The Morgan fingerprint density at radius 3 is 2.10 bits per heavy atom. The SMILES string of the molecule is C=C(C(=O)OC)C(CCCC)C(=O)O.CC=CC(=O)O. The molecule has 2 N–H and O–H groups in total. The van der Waals surface area contributed by atoms with Gasteiger partial charge in [-0.2, -0.15) is 0 Å². The minimum Gasteiger partial charge on any atom is -0.481 e. The largest absolute Gasteiger partial charge is 0.481 e. The van der Waals surface area contributed by atoms with Gasteiger partial charge in [0.25, 0.3) is 0 Å². The molecule has 0 bridgehead atoms. The third-order valence-corrected chi connectivity index (χ3v) is 2.32. The Bertz CT molecular complexity index is 370. The molecule has 0 heterocycles. The van der Waals surface area contributed by atoms with E-state index in [2.05, 4.69) is 11.3 Å². The summed E-state index contributed by atoms with van der Waals surface area (Å²) in [4.78, 5) is 31.3. The minimum atomic E-state index is -1.02. The second-order valence-corrected chi connectivity index (χ2v) is 3.89. The number of rotatable bonds is 7. The van der Waals surface area contributed by atoms with E-state index >= 15 is 0 Å². The van der Waals surface area contributed by atoms with Crippen molar-refractivity contribution in [3.8, 4) is 0 Å². The van der Waals surface area contributed by atoms with Crippen LogP contribution in [0.3, 0.4) is 0 Å². The highest BCUT2D eigenvalue weighted by atomic mass is 16.5. The molecule has 114 valence electrons. The van der Waals surface area contributed by atoms with Crippen LogP contribution in [0, 0.1) is 5.92 Å². The van der Waals surface area contributed by atoms with E-state index in [4.69, 9.17) is 10.2 Å². The maximum atomic E-state index is 11.0. The molecule has 0 fully saturated rings. The smallest absolute Gasteiger partial charge is 0.334 e. The van der Waals surface area contributed by atoms with Crippen LogP contribution < -0.4 is 0 Å². The molecular weight excluding hydrogens is 264 g/mol. The van der Waals surface area contributed by atoms with Gasteiger partial charge in [-0.15, -0.1) is 0 Å². The summed E-state index contributed by atoms with van der Waals surface area (Å²) in [6.07, 6.45) is 4.63. The maximum absolute atomic E-state index is 11.0. The molecule has 0 aromatic carbocycles. The van der Waals surface area contributed by atoms with E-state index in [9.17, 15) is 14.4 Å². The average molecular weight is 286 g/mol. The first-order valence-corrected chi connectivity index (χ1v) is 6.17. The molecule has 6 nitrogen and oxygen atoms in total. The highest BCUT2D eigenvalue weighted by Gasteiger charge is 2.25. The van der Waals surface area contributed by atoms with Gasteiger partial charge in [-0.25, -0.2) is 9.59 Å². The zero-order valence-electron chi connectivity index (χ0n) is 12.1. The number of esters is 1. The molecule has 0 saturated heterocycles. The summed E-state index contributed by atoms with van der Waals surface area (Å²) in [5.74, 6) is -3.37. The van der Waals surface area contributed by atoms with Gasteiger partial charge in [0, 0.05) is 11.6 Å². The molecule has 0 aliphatic carbocycles. The number of aliphatic carboxylic acids is 2. The standard InChI is InChI=1S/C10H16O4.C4H6O2/c1-4-5-6-8(9(11)12)7(2)10(13)14-3;1-2-3-4(5)6/h8H,2,4-6H2,1,3H3,(H,11,12);2-3H,1H3,(H,5,6). The van der Waals surface area contributed by atoms with E-state index in [1.54, 1.807) is 6.92 Å². The molecule has 0 rings (SSSR count). The molecule has 0 aliphatic heterocycles. The molecule has 0 spiro atoms. The Labute approximate surface area is 118 Å². The Morgan fingerprint density at radius 2 is 1.85 bits per heavy atom. The van der Waals surface area contributed by atoms with Crippen molar-refractivity contribution in [1.29, 1.82) is 0 Å². The number of allylic oxidation sites excluding steroid dienone is 1. The van der Waals surface area contributed by atoms with Gasteiger partial charge < -0.3 is 14.9 Å². The summed E-state index contributed by atoms with van der Waals surface area (Å²) < 4.78 is 4.42. The number of unbranched alkanes of at least 4 members (excludes halogenated alkanes) is 1. The normalized spacial score (nSPS) is 11.2. The van der Waals surface area contributed by atoms with Crippen LogP contribution in [0.4, 0.5) is 0 Å². The fourth-order valence-electron chi connectivity index (χ4n) is 1.27. The van der Waals surface area contributed by atoms with Gasteiger partial charge in [-0.05, 0) is 13.3 Å². The van der Waals surface area contributed by atoms with Crippen LogP contribution in [0.15, 0.2) is 24.3 Å². The predicted octanol–water partition coefficient (Wildman–Crippen LogP) is 2.25. The molecule has 6 heteroatoms. The quantitative estimate of drug-likeness (QED) is 0.550. The van der Waals surface area contributed by atoms with E-state index in [1.165, 1.54) is 13.2 Å². The average Bonchev–Trinajstić information content (AvgIpc) is 2.38. The minimum absolute atomic E-state index is 0.0217. The van der Waals surface area contributed by atoms with Gasteiger partial charge in [0.2, 0.25) is 0 Å². The predicted molar refractivity (Wildman–Crippen MR) is 74.3 cm³/mol. The van der Waals surface area contributed by atoms with E-state index < -0.39 is 23.8 Å². The highest BCUT2D eigenvalue weighted by molar-refractivity contribution is 5.94. The number of methoxy groups -OCH3 is 1. The van der Waals surface area contributed by atoms with E-state index in [1.807, 2.05) is 6.92 Å². The molecule has 0 aliphatic rings. The lowest BCUT2D eigenvalue weighted by Crippen LogP contribution is -2.21. The van der Waals surface area contributed by atoms with E-state index in [0.717, 1.165) is 18.9 Å². The molecular formula is C14H22O6. The molecule has 0 aromatic rings. The zero-order chi connectivity index (χ0) is 16.1. The van der Waals surface area contributed by atoms with Crippen molar-refractivity contribution < 1.29 is 29.3 Å². The monoisotopic (exact) mass is 286 g/mol. The van der Waals surface area contributed by atoms with Gasteiger partial charge in [0.15, 0.2) is 0 Å². The van der Waals surface area contributed by atoms with Gasteiger partial charge in [0.1, 0.15) is 0 Å². The van der Waals surface area contributed by atoms with E-state index in [0.29, 0.717) is 6.42 Å². The topological polar surface area (TPSA) is 101 Å². The van der Waals surface area contributed by atoms with Crippen molar-refractivity contribution in [2.24, 2.45) is 5.92 Å². The first kappa shape index (κ1) is 20.2. The van der Waals surface area contributed by atoms with Crippen LogP contribution in [0.1, 0.15) is 33.1 Å². The Kier molecular flexibility index (Phi) is 12.1. The number of hydrogen-bond donors (Lipinski definition) is 2. The van der Waals surface area contributed by atoms with Crippen LogP contribution in [0.25, 0.3) is 0 Å². The van der Waals surface area contributed by atoms with Crippen LogP contribution in [0.5, 0.6) is 0 Å². The molecule has 0 radical (unpaired) electrons. The van der Waals surface area contributed by atoms with Crippen molar-refractivity contribution in [3.63, 3.8) is 0 Å². The van der Waals surface area contributed by atoms with Crippen LogP contribution in [0.2, 0.25) is 0 Å². The highest BCUT2D eigenvalue weighted by Crippen LogP contribution is 2.18. The van der Waals surface area contributed by atoms with Crippen molar-refractivity contribution in [2.45, 2.75) is 33.1 Å². The fourth-order valence-corrected chi connectivity index (χ4v) is 1.27. The van der Waals surface area contributed by atoms with Gasteiger partial charge in [0.05, 0.1) is 13.0 Å². The van der Waals surface area contributed by atoms with Gasteiger partial charge >= 0.3 is 17.9 Å². The molecule has 1 atom stereocenters. The number of carbonyl (C=O) groups excluding carboxylic acids is 1. The number of carboxylic acid groups (broad SMARTS) is 2. The van der Waals surface area contributed by atoms with Crippen molar-refractivity contribution >= 4 is 17.9 Å². The van der Waals surface area contributed by atoms with Crippen molar-refractivity contribution in [3.05, 3.63) is 24.3 Å². The van der Waals surface area contributed by atoms with Crippen LogP contribution in [-0.2, 0) is 19.1 Å². The van der Waals surface area contributed by atoms with Gasteiger partial charge in [-0.3, -0.25) is 4.79 Å². The summed E-state index contributed by atoms with van der Waals surface area (Å²) in [6.45, 7) is 7.06. The molecule has 1 unspecified atom stereocenters. The summed E-state index contributed by atoms with van der Waals surface area (Å²) in [5, 5.41) is 16.7. The summed E-state index contributed by atoms with van der Waals surface area (Å²) >= 11 is 0. The van der Waals surface area contributed by atoms with Crippen LogP contribution >= 0.6 is 0 Å². The first-order chi connectivity index (χ1) is 9.31. The molecule has 0 aromatic heterocycles. The fraction of sp³-hybridized carbons (Fsp3) is 0.500. The molecule has 0 saturated carbocycles. The Hall–Kier alpha value is -2.11. The number of carbonyl (C=O) groups is 3. The molecule has 20 heavy (non-hydrogen) atoms. The lowest BCUT2D eigenvalue weighted by Gasteiger charge is -2.12. The summed E-state index contributed by atoms with van der Waals surface area (Å²) in [5.41, 5.74) is 0.0217. The lowest BCUT2D eigenvalue weighted by molar-refractivity contribution is -0.145. The zero-order valence-corrected chi connectivity index (χ0v) is 12.1. The van der Waals surface area contributed by atoms with E-state index in [-0.39, 0.29) is 5.57 Å².